The lowest BCUT2D eigenvalue weighted by Gasteiger charge is -2.06. The van der Waals surface area contributed by atoms with Crippen molar-refractivity contribution in [2.45, 2.75) is 6.92 Å². The molecule has 4 aromatic rings. The molecule has 0 unspecified atom stereocenters. The Bertz CT molecular complexity index is 1180. The van der Waals surface area contributed by atoms with Gasteiger partial charge >= 0.3 is 11.6 Å². The van der Waals surface area contributed by atoms with Crippen LogP contribution in [0.3, 0.4) is 0 Å². The molecule has 4 rings (SSSR count). The second-order valence-electron chi connectivity index (χ2n) is 5.54. The number of ether oxygens (including phenoxy) is 1. The Labute approximate surface area is 141 Å². The van der Waals surface area contributed by atoms with Gasteiger partial charge in [-0.2, -0.15) is 0 Å². The highest BCUT2D eigenvalue weighted by Crippen LogP contribution is 2.23. The number of hydrogen-bond donors (Lipinski definition) is 0. The number of aromatic nitrogens is 2. The summed E-state index contributed by atoms with van der Waals surface area (Å²) in [4.78, 5) is 32.2. The van der Waals surface area contributed by atoms with Crippen molar-refractivity contribution in [2.24, 2.45) is 0 Å². The number of carbonyl (C=O) groups is 1. The first-order chi connectivity index (χ1) is 12.1. The monoisotopic (exact) mass is 332 g/mol. The van der Waals surface area contributed by atoms with Gasteiger partial charge in [-0.15, -0.1) is 0 Å². The van der Waals surface area contributed by atoms with E-state index < -0.39 is 11.6 Å². The van der Waals surface area contributed by atoms with E-state index in [1.165, 1.54) is 18.3 Å². The zero-order valence-electron chi connectivity index (χ0n) is 13.2. The SMILES string of the molecule is Cc1cc(=O)oc2cc(OC(=O)c3cnc4ccccc4n3)ccc12. The fourth-order valence-electron chi connectivity index (χ4n) is 2.58. The van der Waals surface area contributed by atoms with Crippen LogP contribution in [0.1, 0.15) is 16.1 Å². The van der Waals surface area contributed by atoms with E-state index in [-0.39, 0.29) is 11.4 Å². The van der Waals surface area contributed by atoms with Crippen molar-refractivity contribution in [1.29, 1.82) is 0 Å². The normalized spacial score (nSPS) is 10.9. The van der Waals surface area contributed by atoms with Gasteiger partial charge in [-0.05, 0) is 36.8 Å². The third-order valence-electron chi connectivity index (χ3n) is 3.79. The van der Waals surface area contributed by atoms with Crippen LogP contribution >= 0.6 is 0 Å². The standard InChI is InChI=1S/C19H12N2O4/c1-11-8-18(22)25-17-9-12(6-7-13(11)17)24-19(23)16-10-20-14-4-2-3-5-15(14)21-16/h2-10H,1H3. The van der Waals surface area contributed by atoms with Crippen molar-refractivity contribution >= 4 is 28.0 Å². The molecule has 0 N–H and O–H groups in total. The Morgan fingerprint density at radius 3 is 2.72 bits per heavy atom. The van der Waals surface area contributed by atoms with Gasteiger partial charge < -0.3 is 9.15 Å². The molecule has 6 heteroatoms. The first-order valence-corrected chi connectivity index (χ1v) is 7.59. The summed E-state index contributed by atoms with van der Waals surface area (Å²) in [6, 6.07) is 13.6. The highest BCUT2D eigenvalue weighted by Gasteiger charge is 2.13. The van der Waals surface area contributed by atoms with Crippen LogP contribution in [0, 0.1) is 6.92 Å². The molecule has 2 aromatic carbocycles. The summed E-state index contributed by atoms with van der Waals surface area (Å²) in [5.74, 6) is -0.367. The predicted octanol–water partition coefficient (Wildman–Crippen LogP) is 3.26. The van der Waals surface area contributed by atoms with Crippen LogP contribution in [0.25, 0.3) is 22.0 Å². The highest BCUT2D eigenvalue weighted by molar-refractivity contribution is 5.91. The first kappa shape index (κ1) is 15.0. The molecule has 2 aromatic heterocycles. The smallest absolute Gasteiger partial charge is 0.363 e. The molecule has 0 aliphatic carbocycles. The van der Waals surface area contributed by atoms with Crippen LogP contribution in [0.4, 0.5) is 0 Å². The minimum Gasteiger partial charge on any atom is -0.423 e. The number of hydrogen-bond acceptors (Lipinski definition) is 6. The number of nitrogens with zero attached hydrogens (tertiary/aromatic N) is 2. The van der Waals surface area contributed by atoms with Gasteiger partial charge in [0.1, 0.15) is 11.3 Å². The summed E-state index contributed by atoms with van der Waals surface area (Å²) < 4.78 is 10.5. The predicted molar refractivity (Wildman–Crippen MR) is 91.7 cm³/mol. The molecule has 0 aliphatic rings. The fraction of sp³-hybridized carbons (Fsp3) is 0.0526. The fourth-order valence-corrected chi connectivity index (χ4v) is 2.58. The molecular formula is C19H12N2O4. The van der Waals surface area contributed by atoms with Crippen LogP contribution in [0.5, 0.6) is 5.75 Å². The molecule has 122 valence electrons. The third kappa shape index (κ3) is 2.85. The van der Waals surface area contributed by atoms with Crippen molar-refractivity contribution in [1.82, 2.24) is 9.97 Å². The second-order valence-corrected chi connectivity index (χ2v) is 5.54. The van der Waals surface area contributed by atoms with Crippen molar-refractivity contribution in [2.75, 3.05) is 0 Å². The highest BCUT2D eigenvalue weighted by atomic mass is 16.5. The van der Waals surface area contributed by atoms with Gasteiger partial charge in [-0.1, -0.05) is 12.1 Å². The molecular weight excluding hydrogens is 320 g/mol. The molecule has 25 heavy (non-hydrogen) atoms. The van der Waals surface area contributed by atoms with Crippen LogP contribution in [0.2, 0.25) is 0 Å². The molecule has 2 heterocycles. The minimum absolute atomic E-state index is 0.101. The van der Waals surface area contributed by atoms with Gasteiger partial charge in [0.05, 0.1) is 17.2 Å². The summed E-state index contributed by atoms with van der Waals surface area (Å²) in [7, 11) is 0. The maximum absolute atomic E-state index is 12.3. The maximum atomic E-state index is 12.3. The van der Waals surface area contributed by atoms with E-state index in [0.29, 0.717) is 16.6 Å². The van der Waals surface area contributed by atoms with Gasteiger partial charge in [-0.25, -0.2) is 14.6 Å². The Kier molecular flexibility index (Phi) is 3.50. The molecule has 6 nitrogen and oxygen atoms in total. The molecule has 0 amide bonds. The summed E-state index contributed by atoms with van der Waals surface area (Å²) >= 11 is 0. The molecule has 0 bridgehead atoms. The molecule has 0 atom stereocenters. The minimum atomic E-state index is -0.632. The maximum Gasteiger partial charge on any atom is 0.363 e. The van der Waals surface area contributed by atoms with Gasteiger partial charge in [-0.3, -0.25) is 4.98 Å². The Balaban J connectivity index is 1.67. The largest absolute Gasteiger partial charge is 0.423 e. The van der Waals surface area contributed by atoms with Crippen molar-refractivity contribution in [3.05, 3.63) is 76.4 Å². The average Bonchev–Trinajstić information content (AvgIpc) is 2.60. The van der Waals surface area contributed by atoms with Crippen molar-refractivity contribution in [3.63, 3.8) is 0 Å². The van der Waals surface area contributed by atoms with E-state index in [1.807, 2.05) is 25.1 Å². The molecule has 0 spiro atoms. The topological polar surface area (TPSA) is 82.3 Å². The lowest BCUT2D eigenvalue weighted by Crippen LogP contribution is -2.11. The van der Waals surface area contributed by atoms with Crippen molar-refractivity contribution in [3.8, 4) is 5.75 Å². The summed E-state index contributed by atoms with van der Waals surface area (Å²) in [5.41, 5.74) is 2.11. The third-order valence-corrected chi connectivity index (χ3v) is 3.79. The van der Waals surface area contributed by atoms with Crippen molar-refractivity contribution < 1.29 is 13.9 Å². The summed E-state index contributed by atoms with van der Waals surface area (Å²) in [5, 5.41) is 0.782. The van der Waals surface area contributed by atoms with E-state index in [0.717, 1.165) is 10.9 Å². The van der Waals surface area contributed by atoms with E-state index in [9.17, 15) is 9.59 Å². The Morgan fingerprint density at radius 2 is 1.88 bits per heavy atom. The number of esters is 1. The average molecular weight is 332 g/mol. The van der Waals surface area contributed by atoms with Gasteiger partial charge in [0.25, 0.3) is 0 Å². The van der Waals surface area contributed by atoms with E-state index in [4.69, 9.17) is 9.15 Å². The van der Waals surface area contributed by atoms with Crippen LogP contribution in [-0.2, 0) is 0 Å². The summed E-state index contributed by atoms with van der Waals surface area (Å²) in [6.07, 6.45) is 1.37. The number of fused-ring (bicyclic) bond motifs is 2. The van der Waals surface area contributed by atoms with Gasteiger partial charge in [0.15, 0.2) is 5.69 Å². The molecule has 0 fully saturated rings. The number of para-hydroxylation sites is 2. The zero-order chi connectivity index (χ0) is 17.4. The first-order valence-electron chi connectivity index (χ1n) is 7.59. The summed E-state index contributed by atoms with van der Waals surface area (Å²) in [6.45, 7) is 1.82. The van der Waals surface area contributed by atoms with Crippen LogP contribution in [-0.4, -0.2) is 15.9 Å². The zero-order valence-corrected chi connectivity index (χ0v) is 13.2. The van der Waals surface area contributed by atoms with Crippen LogP contribution < -0.4 is 10.4 Å². The number of carbonyl (C=O) groups excluding carboxylic acids is 1. The molecule has 0 saturated carbocycles. The van der Waals surface area contributed by atoms with E-state index >= 15 is 0 Å². The lowest BCUT2D eigenvalue weighted by atomic mass is 10.1. The lowest BCUT2D eigenvalue weighted by molar-refractivity contribution is 0.0728. The number of rotatable bonds is 2. The second kappa shape index (κ2) is 5.83. The van der Waals surface area contributed by atoms with Gasteiger partial charge in [0.2, 0.25) is 0 Å². The van der Waals surface area contributed by atoms with Crippen LogP contribution in [0.15, 0.2) is 63.9 Å². The van der Waals surface area contributed by atoms with E-state index in [2.05, 4.69) is 9.97 Å². The van der Waals surface area contributed by atoms with Gasteiger partial charge in [0, 0.05) is 17.5 Å². The molecule has 0 radical (unpaired) electrons. The Morgan fingerprint density at radius 1 is 1.08 bits per heavy atom. The number of benzene rings is 2. The number of aryl methyl sites for hydroxylation is 1. The molecule has 0 saturated heterocycles. The quantitative estimate of drug-likeness (QED) is 0.318. The Hall–Kier alpha value is -3.54. The van der Waals surface area contributed by atoms with E-state index in [1.54, 1.807) is 18.2 Å². The molecule has 0 aliphatic heterocycles.